The monoisotopic (exact) mass is 351 g/mol. The molecule has 0 fully saturated rings. The van der Waals surface area contributed by atoms with Gasteiger partial charge < -0.3 is 20.1 Å². The minimum atomic E-state index is -0.427. The van der Waals surface area contributed by atoms with E-state index in [-0.39, 0.29) is 5.57 Å². The van der Waals surface area contributed by atoms with Crippen LogP contribution in [0.15, 0.2) is 60.3 Å². The standard InChI is InChI=1S/C20H21N3O3/c1-25-17-8-9-18(19(12-17)26-2)23-14-16(13-21)20(24)22-11-10-15-6-4-3-5-7-15/h3-9,12,14,23H,10-11H2,1-2H3,(H,22,24)/b16-14-. The van der Waals surface area contributed by atoms with Crippen LogP contribution < -0.4 is 20.1 Å². The Balaban J connectivity index is 1.96. The van der Waals surface area contributed by atoms with Crippen LogP contribution in [0.3, 0.4) is 0 Å². The van der Waals surface area contributed by atoms with Crippen molar-refractivity contribution in [3.8, 4) is 17.6 Å². The van der Waals surface area contributed by atoms with Gasteiger partial charge in [0.1, 0.15) is 23.1 Å². The van der Waals surface area contributed by atoms with E-state index in [0.717, 1.165) is 5.56 Å². The second-order valence-electron chi connectivity index (χ2n) is 5.37. The second-order valence-corrected chi connectivity index (χ2v) is 5.37. The molecule has 0 saturated heterocycles. The van der Waals surface area contributed by atoms with E-state index in [2.05, 4.69) is 10.6 Å². The van der Waals surface area contributed by atoms with Gasteiger partial charge >= 0.3 is 0 Å². The second kappa shape index (κ2) is 9.74. The Bertz CT molecular complexity index is 811. The maximum atomic E-state index is 12.1. The highest BCUT2D eigenvalue weighted by molar-refractivity contribution is 5.97. The number of benzene rings is 2. The highest BCUT2D eigenvalue weighted by atomic mass is 16.5. The number of nitrogens with zero attached hydrogens (tertiary/aromatic N) is 1. The third-order valence-corrected chi connectivity index (χ3v) is 3.69. The number of hydrogen-bond acceptors (Lipinski definition) is 5. The molecular formula is C20H21N3O3. The van der Waals surface area contributed by atoms with Gasteiger partial charge in [0, 0.05) is 18.8 Å². The lowest BCUT2D eigenvalue weighted by Crippen LogP contribution is -2.27. The van der Waals surface area contributed by atoms with Gasteiger partial charge in [-0.2, -0.15) is 5.26 Å². The topological polar surface area (TPSA) is 83.4 Å². The van der Waals surface area contributed by atoms with Crippen LogP contribution in [-0.2, 0) is 11.2 Å². The van der Waals surface area contributed by atoms with Crippen LogP contribution in [0.25, 0.3) is 0 Å². The van der Waals surface area contributed by atoms with Gasteiger partial charge in [0.15, 0.2) is 0 Å². The fourth-order valence-corrected chi connectivity index (χ4v) is 2.28. The summed E-state index contributed by atoms with van der Waals surface area (Å²) in [5.41, 5.74) is 1.73. The number of carbonyl (C=O) groups is 1. The zero-order valence-corrected chi connectivity index (χ0v) is 14.8. The molecule has 2 rings (SSSR count). The van der Waals surface area contributed by atoms with Gasteiger partial charge in [-0.05, 0) is 24.1 Å². The van der Waals surface area contributed by atoms with Gasteiger partial charge in [0.05, 0.1) is 19.9 Å². The maximum absolute atomic E-state index is 12.1. The first-order chi connectivity index (χ1) is 12.7. The van der Waals surface area contributed by atoms with E-state index in [0.29, 0.717) is 30.2 Å². The summed E-state index contributed by atoms with van der Waals surface area (Å²) in [6, 6.07) is 16.9. The third kappa shape index (κ3) is 5.28. The first-order valence-corrected chi connectivity index (χ1v) is 8.09. The number of ether oxygens (including phenoxy) is 2. The zero-order valence-electron chi connectivity index (χ0n) is 14.8. The normalized spacial score (nSPS) is 10.6. The molecule has 0 aromatic heterocycles. The molecule has 2 N–H and O–H groups in total. The lowest BCUT2D eigenvalue weighted by atomic mass is 10.1. The number of nitrogens with one attached hydrogen (secondary N) is 2. The minimum absolute atomic E-state index is 0.0177. The molecule has 0 aliphatic heterocycles. The van der Waals surface area contributed by atoms with Gasteiger partial charge in [0.2, 0.25) is 0 Å². The van der Waals surface area contributed by atoms with Crippen LogP contribution in [0.2, 0.25) is 0 Å². The molecule has 2 aromatic rings. The molecule has 0 heterocycles. The van der Waals surface area contributed by atoms with E-state index in [1.807, 2.05) is 36.4 Å². The summed E-state index contributed by atoms with van der Waals surface area (Å²) in [5, 5.41) is 14.9. The molecular weight excluding hydrogens is 330 g/mol. The molecule has 0 aliphatic rings. The number of nitriles is 1. The number of carbonyl (C=O) groups excluding carboxylic acids is 1. The zero-order chi connectivity index (χ0) is 18.8. The molecule has 0 saturated carbocycles. The van der Waals surface area contributed by atoms with E-state index >= 15 is 0 Å². The van der Waals surface area contributed by atoms with E-state index in [9.17, 15) is 10.1 Å². The number of hydrogen-bond donors (Lipinski definition) is 2. The summed E-state index contributed by atoms with van der Waals surface area (Å²) < 4.78 is 10.4. The molecule has 1 amide bonds. The Kier molecular flexibility index (Phi) is 7.07. The summed E-state index contributed by atoms with van der Waals surface area (Å²) in [6.45, 7) is 0.452. The van der Waals surface area contributed by atoms with Gasteiger partial charge in [-0.15, -0.1) is 0 Å². The largest absolute Gasteiger partial charge is 0.497 e. The molecule has 0 spiro atoms. The summed E-state index contributed by atoms with van der Waals surface area (Å²) in [6.07, 6.45) is 2.06. The highest BCUT2D eigenvalue weighted by Gasteiger charge is 2.09. The number of rotatable bonds is 8. The van der Waals surface area contributed by atoms with Gasteiger partial charge in [-0.1, -0.05) is 30.3 Å². The van der Waals surface area contributed by atoms with Crippen molar-refractivity contribution in [2.24, 2.45) is 0 Å². The Morgan fingerprint density at radius 1 is 1.15 bits per heavy atom. The van der Waals surface area contributed by atoms with Crippen LogP contribution in [0, 0.1) is 11.3 Å². The Labute approximate surface area is 153 Å². The molecule has 2 aromatic carbocycles. The summed E-state index contributed by atoms with van der Waals surface area (Å²) in [4.78, 5) is 12.1. The number of amides is 1. The van der Waals surface area contributed by atoms with Gasteiger partial charge in [-0.3, -0.25) is 4.79 Å². The lowest BCUT2D eigenvalue weighted by molar-refractivity contribution is -0.117. The SMILES string of the molecule is COc1ccc(N/C=C(/C#N)C(=O)NCCc2ccccc2)c(OC)c1. The van der Waals surface area contributed by atoms with Crippen LogP contribution in [0.4, 0.5) is 5.69 Å². The molecule has 0 bridgehead atoms. The van der Waals surface area contributed by atoms with Crippen LogP contribution in [-0.4, -0.2) is 26.7 Å². The number of anilines is 1. The van der Waals surface area contributed by atoms with Crippen molar-refractivity contribution in [2.75, 3.05) is 26.1 Å². The predicted octanol–water partition coefficient (Wildman–Crippen LogP) is 2.88. The first kappa shape index (κ1) is 18.9. The quantitative estimate of drug-likeness (QED) is 0.564. The van der Waals surface area contributed by atoms with Crippen molar-refractivity contribution in [1.82, 2.24) is 5.32 Å². The van der Waals surface area contributed by atoms with Gasteiger partial charge in [-0.25, -0.2) is 0 Å². The third-order valence-electron chi connectivity index (χ3n) is 3.69. The average Bonchev–Trinajstić information content (AvgIpc) is 2.69. The van der Waals surface area contributed by atoms with Crippen LogP contribution in [0.5, 0.6) is 11.5 Å². The van der Waals surface area contributed by atoms with E-state index < -0.39 is 5.91 Å². The average molecular weight is 351 g/mol. The van der Waals surface area contributed by atoms with E-state index in [1.165, 1.54) is 13.3 Å². The van der Waals surface area contributed by atoms with Crippen molar-refractivity contribution >= 4 is 11.6 Å². The lowest BCUT2D eigenvalue weighted by Gasteiger charge is -2.10. The molecule has 0 unspecified atom stereocenters. The first-order valence-electron chi connectivity index (χ1n) is 8.09. The summed E-state index contributed by atoms with van der Waals surface area (Å²) in [7, 11) is 3.10. The van der Waals surface area contributed by atoms with Crippen LogP contribution >= 0.6 is 0 Å². The van der Waals surface area contributed by atoms with Crippen molar-refractivity contribution in [1.29, 1.82) is 5.26 Å². The maximum Gasteiger partial charge on any atom is 0.263 e. The predicted molar refractivity (Wildman–Crippen MR) is 100 cm³/mol. The number of methoxy groups -OCH3 is 2. The minimum Gasteiger partial charge on any atom is -0.497 e. The molecule has 26 heavy (non-hydrogen) atoms. The molecule has 6 heteroatoms. The molecule has 134 valence electrons. The van der Waals surface area contributed by atoms with E-state index in [1.54, 1.807) is 25.3 Å². The van der Waals surface area contributed by atoms with Gasteiger partial charge in [0.25, 0.3) is 5.91 Å². The summed E-state index contributed by atoms with van der Waals surface area (Å²) >= 11 is 0. The van der Waals surface area contributed by atoms with Crippen molar-refractivity contribution in [3.63, 3.8) is 0 Å². The Morgan fingerprint density at radius 2 is 1.92 bits per heavy atom. The Hall–Kier alpha value is -3.46. The van der Waals surface area contributed by atoms with Crippen molar-refractivity contribution < 1.29 is 14.3 Å². The molecule has 0 radical (unpaired) electrons. The van der Waals surface area contributed by atoms with Crippen molar-refractivity contribution in [2.45, 2.75) is 6.42 Å². The molecule has 0 aliphatic carbocycles. The fourth-order valence-electron chi connectivity index (χ4n) is 2.28. The smallest absolute Gasteiger partial charge is 0.263 e. The van der Waals surface area contributed by atoms with E-state index in [4.69, 9.17) is 9.47 Å². The highest BCUT2D eigenvalue weighted by Crippen LogP contribution is 2.29. The Morgan fingerprint density at radius 3 is 2.58 bits per heavy atom. The van der Waals surface area contributed by atoms with Crippen LogP contribution in [0.1, 0.15) is 5.56 Å². The summed E-state index contributed by atoms with van der Waals surface area (Å²) in [5.74, 6) is 0.765. The molecule has 6 nitrogen and oxygen atoms in total. The molecule has 0 atom stereocenters. The fraction of sp³-hybridized carbons (Fsp3) is 0.200. The van der Waals surface area contributed by atoms with Crippen molar-refractivity contribution in [3.05, 3.63) is 65.9 Å².